The molecule has 11 heteroatoms. The van der Waals surface area contributed by atoms with Crippen LogP contribution < -0.4 is 20.1 Å². The van der Waals surface area contributed by atoms with E-state index in [2.05, 4.69) is 25.1 Å². The van der Waals surface area contributed by atoms with Gasteiger partial charge < -0.3 is 25.0 Å². The topological polar surface area (TPSA) is 92.8 Å². The third kappa shape index (κ3) is 4.62. The van der Waals surface area contributed by atoms with Gasteiger partial charge in [0.1, 0.15) is 10.6 Å². The van der Waals surface area contributed by atoms with Gasteiger partial charge >= 0.3 is 6.29 Å². The Morgan fingerprint density at radius 3 is 2.69 bits per heavy atom. The highest BCUT2D eigenvalue weighted by molar-refractivity contribution is 7.12. The molecule has 0 saturated heterocycles. The average molecular weight is 460 g/mol. The van der Waals surface area contributed by atoms with Crippen molar-refractivity contribution in [1.82, 2.24) is 9.88 Å². The minimum absolute atomic E-state index is 0.101. The third-order valence-corrected chi connectivity index (χ3v) is 5.38. The third-order valence-electron chi connectivity index (χ3n) is 4.46. The molecule has 0 bridgehead atoms. The standard InChI is InChI=1S/C21H18F2N4O4S/c1-27(2)20(29)15-9-12(5-7-24-15)11-25-14-6-8-32-18(14)19(28)26-13-3-4-16-17(10-13)31-21(22,23)30-16/h3-10,25H,11H2,1-2H3,(H,26,28). The van der Waals surface area contributed by atoms with Crippen LogP contribution in [0.3, 0.4) is 0 Å². The molecule has 1 aliphatic heterocycles. The Kier molecular flexibility index (Phi) is 5.66. The number of hydrogen-bond donors (Lipinski definition) is 2. The first-order valence-electron chi connectivity index (χ1n) is 9.41. The SMILES string of the molecule is CN(C)C(=O)c1cc(CNc2ccsc2C(=O)Nc2ccc3c(c2)OC(F)(F)O3)ccn1. The zero-order chi connectivity index (χ0) is 22.9. The van der Waals surface area contributed by atoms with Crippen molar-refractivity contribution in [1.29, 1.82) is 0 Å². The number of nitrogens with one attached hydrogen (secondary N) is 2. The van der Waals surface area contributed by atoms with Crippen LogP contribution in [0.2, 0.25) is 0 Å². The predicted molar refractivity (Wildman–Crippen MR) is 114 cm³/mol. The van der Waals surface area contributed by atoms with E-state index in [1.54, 1.807) is 43.9 Å². The number of pyridine rings is 1. The van der Waals surface area contributed by atoms with Gasteiger partial charge in [-0.3, -0.25) is 14.6 Å². The molecule has 3 heterocycles. The summed E-state index contributed by atoms with van der Waals surface area (Å²) in [5, 5.41) is 7.60. The summed E-state index contributed by atoms with van der Waals surface area (Å²) in [5.74, 6) is -0.871. The molecule has 0 unspecified atom stereocenters. The quantitative estimate of drug-likeness (QED) is 0.577. The molecule has 0 fully saturated rings. The molecule has 2 N–H and O–H groups in total. The van der Waals surface area contributed by atoms with E-state index in [0.717, 1.165) is 5.56 Å². The second kappa shape index (κ2) is 8.42. The molecular weight excluding hydrogens is 442 g/mol. The highest BCUT2D eigenvalue weighted by Crippen LogP contribution is 2.42. The smallest absolute Gasteiger partial charge is 0.395 e. The van der Waals surface area contributed by atoms with Gasteiger partial charge in [-0.1, -0.05) is 0 Å². The number of fused-ring (bicyclic) bond motifs is 1. The molecule has 32 heavy (non-hydrogen) atoms. The van der Waals surface area contributed by atoms with E-state index in [1.807, 2.05) is 0 Å². The zero-order valence-electron chi connectivity index (χ0n) is 17.0. The summed E-state index contributed by atoms with van der Waals surface area (Å²) in [4.78, 5) is 30.8. The van der Waals surface area contributed by atoms with E-state index >= 15 is 0 Å². The van der Waals surface area contributed by atoms with E-state index < -0.39 is 12.2 Å². The molecule has 0 spiro atoms. The summed E-state index contributed by atoms with van der Waals surface area (Å²) < 4.78 is 35.1. The molecule has 0 radical (unpaired) electrons. The molecule has 0 aliphatic carbocycles. The lowest BCUT2D eigenvalue weighted by atomic mass is 10.2. The van der Waals surface area contributed by atoms with Crippen molar-refractivity contribution in [3.8, 4) is 11.5 Å². The maximum atomic E-state index is 13.2. The monoisotopic (exact) mass is 460 g/mol. The Balaban J connectivity index is 1.43. The lowest BCUT2D eigenvalue weighted by Crippen LogP contribution is -2.25. The Morgan fingerprint density at radius 1 is 1.12 bits per heavy atom. The molecule has 1 aromatic carbocycles. The number of amides is 2. The number of nitrogens with zero attached hydrogens (tertiary/aromatic N) is 2. The molecule has 2 aromatic heterocycles. The summed E-state index contributed by atoms with van der Waals surface area (Å²) in [5.41, 5.74) is 2.03. The van der Waals surface area contributed by atoms with Crippen molar-refractivity contribution in [3.63, 3.8) is 0 Å². The van der Waals surface area contributed by atoms with Crippen LogP contribution in [0.5, 0.6) is 11.5 Å². The van der Waals surface area contributed by atoms with Crippen LogP contribution in [-0.4, -0.2) is 42.1 Å². The van der Waals surface area contributed by atoms with Crippen LogP contribution >= 0.6 is 11.3 Å². The van der Waals surface area contributed by atoms with Crippen molar-refractivity contribution in [3.05, 3.63) is 64.1 Å². The summed E-state index contributed by atoms with van der Waals surface area (Å²) in [6.07, 6.45) is -2.17. The average Bonchev–Trinajstić information content (AvgIpc) is 3.34. The minimum atomic E-state index is -3.72. The normalized spacial score (nSPS) is 13.5. The van der Waals surface area contributed by atoms with E-state index in [4.69, 9.17) is 0 Å². The first-order chi connectivity index (χ1) is 15.2. The first-order valence-corrected chi connectivity index (χ1v) is 10.3. The number of ether oxygens (including phenoxy) is 2. The van der Waals surface area contributed by atoms with E-state index in [9.17, 15) is 18.4 Å². The molecule has 3 aromatic rings. The first kappa shape index (κ1) is 21.5. The number of hydrogen-bond acceptors (Lipinski definition) is 7. The van der Waals surface area contributed by atoms with Crippen LogP contribution in [0.4, 0.5) is 20.2 Å². The number of benzene rings is 1. The lowest BCUT2D eigenvalue weighted by molar-refractivity contribution is -0.286. The lowest BCUT2D eigenvalue weighted by Gasteiger charge is -2.11. The van der Waals surface area contributed by atoms with Crippen molar-refractivity contribution >= 4 is 34.5 Å². The predicted octanol–water partition coefficient (Wildman–Crippen LogP) is 4.03. The second-order valence-electron chi connectivity index (χ2n) is 7.05. The Hall–Kier alpha value is -3.73. The van der Waals surface area contributed by atoms with Gasteiger partial charge in [-0.25, -0.2) is 0 Å². The van der Waals surface area contributed by atoms with Crippen molar-refractivity contribution in [2.24, 2.45) is 0 Å². The van der Waals surface area contributed by atoms with E-state index in [-0.39, 0.29) is 23.1 Å². The molecule has 2 amide bonds. The number of alkyl halides is 2. The summed E-state index contributed by atoms with van der Waals surface area (Å²) >= 11 is 1.23. The van der Waals surface area contributed by atoms with Gasteiger partial charge in [0.15, 0.2) is 11.5 Å². The second-order valence-corrected chi connectivity index (χ2v) is 7.97. The van der Waals surface area contributed by atoms with Crippen LogP contribution in [0.1, 0.15) is 25.7 Å². The fourth-order valence-electron chi connectivity index (χ4n) is 2.97. The zero-order valence-corrected chi connectivity index (χ0v) is 17.8. The van der Waals surface area contributed by atoms with E-state index in [1.165, 1.54) is 34.4 Å². The van der Waals surface area contributed by atoms with Crippen LogP contribution in [-0.2, 0) is 6.54 Å². The van der Waals surface area contributed by atoms with Gasteiger partial charge in [0.25, 0.3) is 11.8 Å². The summed E-state index contributed by atoms with van der Waals surface area (Å²) in [6.45, 7) is 0.367. The molecule has 8 nitrogen and oxygen atoms in total. The molecule has 1 aliphatic rings. The fraction of sp³-hybridized carbons (Fsp3) is 0.190. The Bertz CT molecular complexity index is 1180. The maximum Gasteiger partial charge on any atom is 0.586 e. The molecule has 4 rings (SSSR count). The van der Waals surface area contributed by atoms with Gasteiger partial charge in [-0.15, -0.1) is 20.1 Å². The van der Waals surface area contributed by atoms with Gasteiger partial charge in [-0.05, 0) is 41.3 Å². The summed E-state index contributed by atoms with van der Waals surface area (Å²) in [7, 11) is 3.30. The molecule has 0 atom stereocenters. The summed E-state index contributed by atoms with van der Waals surface area (Å²) in [6, 6.07) is 9.23. The number of halogens is 2. The highest BCUT2D eigenvalue weighted by atomic mass is 32.1. The van der Waals surface area contributed by atoms with Crippen LogP contribution in [0.25, 0.3) is 0 Å². The Labute approximate surface area is 185 Å². The van der Waals surface area contributed by atoms with Gasteiger partial charge in [0.05, 0.1) is 5.69 Å². The number of carbonyl (C=O) groups excluding carboxylic acids is 2. The number of carbonyl (C=O) groups is 2. The largest absolute Gasteiger partial charge is 0.586 e. The van der Waals surface area contributed by atoms with Gasteiger partial charge in [0, 0.05) is 38.6 Å². The number of thiophene rings is 1. The Morgan fingerprint density at radius 2 is 1.91 bits per heavy atom. The highest BCUT2D eigenvalue weighted by Gasteiger charge is 2.43. The maximum absolute atomic E-state index is 13.2. The van der Waals surface area contributed by atoms with Crippen LogP contribution in [0.15, 0.2) is 48.0 Å². The van der Waals surface area contributed by atoms with E-state index in [0.29, 0.717) is 22.8 Å². The molecule has 0 saturated carbocycles. The fourth-order valence-corrected chi connectivity index (χ4v) is 3.73. The van der Waals surface area contributed by atoms with Crippen molar-refractivity contribution in [2.75, 3.05) is 24.7 Å². The van der Waals surface area contributed by atoms with Gasteiger partial charge in [-0.2, -0.15) is 0 Å². The number of rotatable bonds is 6. The number of aromatic nitrogens is 1. The molecule has 166 valence electrons. The number of anilines is 2. The van der Waals surface area contributed by atoms with Gasteiger partial charge in [0.2, 0.25) is 0 Å². The minimum Gasteiger partial charge on any atom is -0.395 e. The van der Waals surface area contributed by atoms with Crippen LogP contribution in [0, 0.1) is 0 Å². The van der Waals surface area contributed by atoms with Crippen molar-refractivity contribution in [2.45, 2.75) is 12.8 Å². The molecular formula is C21H18F2N4O4S. The van der Waals surface area contributed by atoms with Crippen molar-refractivity contribution < 1.29 is 27.8 Å².